The minimum Gasteiger partial charge on any atom is -0.481 e. The number of nitrogens with one attached hydrogen (secondary N) is 1. The van der Waals surface area contributed by atoms with Gasteiger partial charge in [0, 0.05) is 6.54 Å². The first-order valence-electron chi connectivity index (χ1n) is 6.80. The molecule has 1 amide bonds. The lowest BCUT2D eigenvalue weighted by atomic mass is 10.1. The molecule has 2 aromatic rings. The number of aliphatic carboxylic acids is 1. The molecule has 2 rings (SSSR count). The maximum Gasteiger partial charge on any atom is 0.418 e. The van der Waals surface area contributed by atoms with E-state index >= 15 is 0 Å². The van der Waals surface area contributed by atoms with Crippen molar-refractivity contribution in [2.24, 2.45) is 5.92 Å². The molecule has 24 heavy (non-hydrogen) atoms. The predicted molar refractivity (Wildman–Crippen MR) is 75.5 cm³/mol. The minimum absolute atomic E-state index is 0.139. The van der Waals surface area contributed by atoms with Gasteiger partial charge in [-0.05, 0) is 12.1 Å². The molecule has 10 heteroatoms. The van der Waals surface area contributed by atoms with Crippen molar-refractivity contribution < 1.29 is 27.9 Å². The second-order valence-electron chi connectivity index (χ2n) is 5.01. The maximum absolute atomic E-state index is 13.0. The quantitative estimate of drug-likeness (QED) is 0.863. The van der Waals surface area contributed by atoms with Gasteiger partial charge >= 0.3 is 12.1 Å². The summed E-state index contributed by atoms with van der Waals surface area (Å²) >= 11 is 0. The number of alkyl halides is 3. The fourth-order valence-corrected chi connectivity index (χ4v) is 1.82. The first kappa shape index (κ1) is 17.4. The van der Waals surface area contributed by atoms with E-state index in [1.165, 1.54) is 25.1 Å². The number of hydrogen-bond acceptors (Lipinski definition) is 4. The predicted octanol–water partition coefficient (Wildman–Crippen LogP) is 1.74. The van der Waals surface area contributed by atoms with Gasteiger partial charge < -0.3 is 10.4 Å². The number of halogens is 3. The van der Waals surface area contributed by atoms with Crippen LogP contribution in [-0.4, -0.2) is 38.5 Å². The average Bonchev–Trinajstić information content (AvgIpc) is 3.01. The van der Waals surface area contributed by atoms with Crippen molar-refractivity contribution in [3.63, 3.8) is 0 Å². The third kappa shape index (κ3) is 3.89. The van der Waals surface area contributed by atoms with Gasteiger partial charge in [-0.1, -0.05) is 24.3 Å². The van der Waals surface area contributed by atoms with Gasteiger partial charge in [0.1, 0.15) is 0 Å². The zero-order valence-electron chi connectivity index (χ0n) is 12.4. The standard InChI is InChI=1S/C14H13F3N4O3/c1-8(13(23)24)6-18-12(22)10-7-21(20-19-10)11-5-3-2-4-9(11)14(15,16)17/h2-5,7-8H,6H2,1H3,(H,18,22)(H,23,24). The topological polar surface area (TPSA) is 97.1 Å². The van der Waals surface area contributed by atoms with E-state index in [1.807, 2.05) is 0 Å². The number of carboxylic acid groups (broad SMARTS) is 1. The summed E-state index contributed by atoms with van der Waals surface area (Å²) in [7, 11) is 0. The molecule has 2 N–H and O–H groups in total. The Labute approximate surface area is 134 Å². The largest absolute Gasteiger partial charge is 0.481 e. The van der Waals surface area contributed by atoms with E-state index in [4.69, 9.17) is 5.11 Å². The zero-order chi connectivity index (χ0) is 17.9. The van der Waals surface area contributed by atoms with Crippen LogP contribution in [0.5, 0.6) is 0 Å². The summed E-state index contributed by atoms with van der Waals surface area (Å²) in [6, 6.07) is 4.74. The summed E-state index contributed by atoms with van der Waals surface area (Å²) < 4.78 is 39.8. The van der Waals surface area contributed by atoms with E-state index in [1.54, 1.807) is 0 Å². The second-order valence-corrected chi connectivity index (χ2v) is 5.01. The number of carboxylic acids is 1. The van der Waals surface area contributed by atoms with Crippen molar-refractivity contribution in [3.8, 4) is 5.69 Å². The highest BCUT2D eigenvalue weighted by molar-refractivity contribution is 5.92. The minimum atomic E-state index is -4.58. The first-order valence-corrected chi connectivity index (χ1v) is 6.80. The Morgan fingerprint density at radius 1 is 1.33 bits per heavy atom. The highest BCUT2D eigenvalue weighted by atomic mass is 19.4. The first-order chi connectivity index (χ1) is 11.2. The maximum atomic E-state index is 13.0. The van der Waals surface area contributed by atoms with Gasteiger partial charge in [-0.2, -0.15) is 13.2 Å². The lowest BCUT2D eigenvalue weighted by molar-refractivity contribution is -0.141. The molecular weight excluding hydrogens is 329 g/mol. The van der Waals surface area contributed by atoms with Crippen LogP contribution in [0, 0.1) is 5.92 Å². The third-order valence-electron chi connectivity index (χ3n) is 3.17. The number of benzene rings is 1. The van der Waals surface area contributed by atoms with Crippen LogP contribution in [0.2, 0.25) is 0 Å². The molecule has 1 unspecified atom stereocenters. The van der Waals surface area contributed by atoms with Crippen molar-refractivity contribution in [2.45, 2.75) is 13.1 Å². The molecule has 0 saturated carbocycles. The molecule has 0 saturated heterocycles. The number of rotatable bonds is 5. The smallest absolute Gasteiger partial charge is 0.418 e. The van der Waals surface area contributed by atoms with E-state index in [9.17, 15) is 22.8 Å². The molecule has 1 atom stereocenters. The molecule has 0 bridgehead atoms. The van der Waals surface area contributed by atoms with Gasteiger partial charge in [0.05, 0.1) is 23.4 Å². The molecule has 1 heterocycles. The monoisotopic (exact) mass is 342 g/mol. The molecule has 7 nitrogen and oxygen atoms in total. The Kier molecular flexibility index (Phi) is 4.86. The number of hydrogen-bond donors (Lipinski definition) is 2. The molecule has 128 valence electrons. The molecule has 0 aliphatic carbocycles. The Morgan fingerprint density at radius 2 is 2.00 bits per heavy atom. The van der Waals surface area contributed by atoms with E-state index in [0.29, 0.717) is 0 Å². The molecular formula is C14H13F3N4O3. The third-order valence-corrected chi connectivity index (χ3v) is 3.17. The Hall–Kier alpha value is -2.91. The zero-order valence-corrected chi connectivity index (χ0v) is 12.4. The van der Waals surface area contributed by atoms with Crippen LogP contribution in [0.1, 0.15) is 23.0 Å². The molecule has 0 spiro atoms. The number of amides is 1. The summed E-state index contributed by atoms with van der Waals surface area (Å²) in [5.74, 6) is -2.62. The van der Waals surface area contributed by atoms with Crippen LogP contribution < -0.4 is 5.32 Å². The fourth-order valence-electron chi connectivity index (χ4n) is 1.82. The van der Waals surface area contributed by atoms with Crippen molar-refractivity contribution in [3.05, 3.63) is 41.7 Å². The number of nitrogens with zero attached hydrogens (tertiary/aromatic N) is 3. The molecule has 0 aliphatic heterocycles. The van der Waals surface area contributed by atoms with Crippen molar-refractivity contribution >= 4 is 11.9 Å². The summed E-state index contributed by atoms with van der Waals surface area (Å²) in [5.41, 5.74) is -1.40. The van der Waals surface area contributed by atoms with Crippen molar-refractivity contribution in [1.82, 2.24) is 20.3 Å². The lowest BCUT2D eigenvalue weighted by Gasteiger charge is -2.11. The second kappa shape index (κ2) is 6.69. The number of aromatic nitrogens is 3. The van der Waals surface area contributed by atoms with Crippen LogP contribution in [0.3, 0.4) is 0 Å². The summed E-state index contributed by atoms with van der Waals surface area (Å²) in [6.45, 7) is 1.26. The van der Waals surface area contributed by atoms with E-state index in [-0.39, 0.29) is 17.9 Å². The highest BCUT2D eigenvalue weighted by Crippen LogP contribution is 2.33. The average molecular weight is 342 g/mol. The summed E-state index contributed by atoms with van der Waals surface area (Å²) in [5, 5.41) is 18.1. The van der Waals surface area contributed by atoms with Crippen LogP contribution in [0.4, 0.5) is 13.2 Å². The van der Waals surface area contributed by atoms with Crippen LogP contribution in [0.25, 0.3) is 5.69 Å². The van der Waals surface area contributed by atoms with E-state index in [2.05, 4.69) is 15.6 Å². The number of carbonyl (C=O) groups is 2. The summed E-state index contributed by atoms with van der Waals surface area (Å²) in [6.07, 6.45) is -3.53. The van der Waals surface area contributed by atoms with Crippen LogP contribution >= 0.6 is 0 Å². The van der Waals surface area contributed by atoms with Gasteiger partial charge in [0.2, 0.25) is 0 Å². The fraction of sp³-hybridized carbons (Fsp3) is 0.286. The van der Waals surface area contributed by atoms with Crippen molar-refractivity contribution in [1.29, 1.82) is 0 Å². The van der Waals surface area contributed by atoms with Gasteiger partial charge in [-0.3, -0.25) is 9.59 Å². The molecule has 0 aliphatic rings. The SMILES string of the molecule is CC(CNC(=O)c1cn(-c2ccccc2C(F)(F)F)nn1)C(=O)O. The van der Waals surface area contributed by atoms with Gasteiger partial charge in [0.15, 0.2) is 5.69 Å². The van der Waals surface area contributed by atoms with E-state index in [0.717, 1.165) is 16.9 Å². The van der Waals surface area contributed by atoms with Crippen LogP contribution in [-0.2, 0) is 11.0 Å². The van der Waals surface area contributed by atoms with Gasteiger partial charge in [-0.25, -0.2) is 4.68 Å². The number of carbonyl (C=O) groups excluding carboxylic acids is 1. The Bertz CT molecular complexity index is 758. The van der Waals surface area contributed by atoms with Crippen molar-refractivity contribution in [2.75, 3.05) is 6.54 Å². The molecule has 1 aromatic heterocycles. The van der Waals surface area contributed by atoms with E-state index < -0.39 is 29.5 Å². The number of para-hydroxylation sites is 1. The highest BCUT2D eigenvalue weighted by Gasteiger charge is 2.34. The lowest BCUT2D eigenvalue weighted by Crippen LogP contribution is -2.31. The molecule has 0 fully saturated rings. The molecule has 0 radical (unpaired) electrons. The molecule has 1 aromatic carbocycles. The van der Waals surface area contributed by atoms with Crippen LogP contribution in [0.15, 0.2) is 30.5 Å². The Balaban J connectivity index is 2.20. The summed E-state index contributed by atoms with van der Waals surface area (Å²) in [4.78, 5) is 22.5. The van der Waals surface area contributed by atoms with Gasteiger partial charge in [-0.15, -0.1) is 5.10 Å². The van der Waals surface area contributed by atoms with Gasteiger partial charge in [0.25, 0.3) is 5.91 Å². The Morgan fingerprint density at radius 3 is 2.62 bits per heavy atom. The normalized spacial score (nSPS) is 12.7.